The van der Waals surface area contributed by atoms with Gasteiger partial charge in [-0.3, -0.25) is 4.99 Å². The summed E-state index contributed by atoms with van der Waals surface area (Å²) >= 11 is 0. The van der Waals surface area contributed by atoms with Gasteiger partial charge in [-0.2, -0.15) is 0 Å². The summed E-state index contributed by atoms with van der Waals surface area (Å²) in [5.41, 5.74) is -0.766. The van der Waals surface area contributed by atoms with Crippen molar-refractivity contribution in [3.8, 4) is 0 Å². The molecule has 3 atom stereocenters. The Labute approximate surface area is 154 Å². The smallest absolute Gasteiger partial charge is 0.331 e. The second-order valence-electron chi connectivity index (χ2n) is 10.9. The highest BCUT2D eigenvalue weighted by molar-refractivity contribution is 6.76. The van der Waals surface area contributed by atoms with Crippen LogP contribution in [0.2, 0.25) is 25.7 Å². The molecule has 3 fully saturated rings. The van der Waals surface area contributed by atoms with Crippen LogP contribution in [0.25, 0.3) is 0 Å². The van der Waals surface area contributed by atoms with Gasteiger partial charge < -0.3 is 9.84 Å². The van der Waals surface area contributed by atoms with Crippen molar-refractivity contribution >= 4 is 19.8 Å². The fourth-order valence-corrected chi connectivity index (χ4v) is 5.79. The van der Waals surface area contributed by atoms with Crippen LogP contribution in [-0.2, 0) is 9.53 Å². The molecule has 3 rings (SSSR count). The molecule has 0 radical (unpaired) electrons. The van der Waals surface area contributed by atoms with Gasteiger partial charge in [0.15, 0.2) is 0 Å². The zero-order valence-corrected chi connectivity index (χ0v) is 18.6. The second-order valence-corrected chi connectivity index (χ2v) is 16.4. The van der Waals surface area contributed by atoms with E-state index in [9.17, 15) is 9.90 Å². The zero-order chi connectivity index (χ0) is 19.4. The highest BCUT2D eigenvalue weighted by atomic mass is 28.3. The Hall–Kier alpha value is -0.683. The quantitative estimate of drug-likeness (QED) is 0.595. The summed E-state index contributed by atoms with van der Waals surface area (Å²) in [5, 5.41) is 11.3. The Morgan fingerprint density at radius 3 is 2.28 bits per heavy atom. The average Bonchev–Trinajstić information content (AvgIpc) is 2.33. The molecule has 0 aliphatic heterocycles. The summed E-state index contributed by atoms with van der Waals surface area (Å²) in [6.07, 6.45) is 2.09. The number of hydrogen-bond acceptors (Lipinski definition) is 4. The number of carbonyl (C=O) groups is 1. The number of hydrogen-bond donors (Lipinski definition) is 1. The summed E-state index contributed by atoms with van der Waals surface area (Å²) in [6.45, 7) is 18.6. The fourth-order valence-electron chi connectivity index (χ4n) is 4.37. The van der Waals surface area contributed by atoms with E-state index in [0.717, 1.165) is 24.6 Å². The molecule has 0 amide bonds. The third-order valence-electron chi connectivity index (χ3n) is 6.02. The minimum Gasteiger partial charge on any atom is -0.458 e. The van der Waals surface area contributed by atoms with Crippen molar-refractivity contribution in [3.05, 3.63) is 0 Å². The van der Waals surface area contributed by atoms with Crippen molar-refractivity contribution in [2.24, 2.45) is 22.2 Å². The zero-order valence-electron chi connectivity index (χ0n) is 17.6. The predicted molar refractivity (Wildman–Crippen MR) is 106 cm³/mol. The van der Waals surface area contributed by atoms with E-state index in [2.05, 4.69) is 33.5 Å². The topological polar surface area (TPSA) is 58.9 Å². The maximum Gasteiger partial charge on any atom is 0.331 e. The summed E-state index contributed by atoms with van der Waals surface area (Å²) in [5.74, 6) is 0.549. The van der Waals surface area contributed by atoms with Crippen LogP contribution in [0.15, 0.2) is 4.99 Å². The molecule has 3 aliphatic carbocycles. The van der Waals surface area contributed by atoms with Crippen LogP contribution >= 0.6 is 0 Å². The lowest BCUT2D eigenvalue weighted by Crippen LogP contribution is -2.66. The fraction of sp³-hybridized carbons (Fsp3) is 0.900. The first-order valence-electron chi connectivity index (χ1n) is 9.59. The Balaban J connectivity index is 2.37. The first-order valence-corrected chi connectivity index (χ1v) is 13.3. The number of esters is 1. The van der Waals surface area contributed by atoms with Crippen LogP contribution in [0.4, 0.5) is 0 Å². The van der Waals surface area contributed by atoms with Crippen LogP contribution in [-0.4, -0.2) is 42.1 Å². The molecule has 0 spiro atoms. The van der Waals surface area contributed by atoms with Gasteiger partial charge in [-0.15, -0.1) is 0 Å². The Morgan fingerprint density at radius 1 is 1.32 bits per heavy atom. The molecule has 0 aromatic carbocycles. The van der Waals surface area contributed by atoms with Crippen LogP contribution < -0.4 is 0 Å². The van der Waals surface area contributed by atoms with Crippen LogP contribution in [0, 0.1) is 17.3 Å². The molecule has 3 saturated carbocycles. The van der Waals surface area contributed by atoms with E-state index in [1.165, 1.54) is 0 Å². The Morgan fingerprint density at radius 2 is 1.84 bits per heavy atom. The molecular weight excluding hydrogens is 330 g/mol. The summed E-state index contributed by atoms with van der Waals surface area (Å²) < 4.78 is 5.65. The lowest BCUT2D eigenvalue weighted by Gasteiger charge is -2.62. The maximum atomic E-state index is 12.8. The Kier molecular flexibility index (Phi) is 5.11. The van der Waals surface area contributed by atoms with E-state index in [1.54, 1.807) is 0 Å². The predicted octanol–water partition coefficient (Wildman–Crippen LogP) is 4.29. The molecule has 0 aromatic rings. The normalized spacial score (nSPS) is 38.2. The van der Waals surface area contributed by atoms with Crippen LogP contribution in [0.1, 0.15) is 54.4 Å². The second kappa shape index (κ2) is 6.19. The summed E-state index contributed by atoms with van der Waals surface area (Å²) in [7, 11) is -1.53. The van der Waals surface area contributed by atoms with Crippen molar-refractivity contribution in [1.29, 1.82) is 0 Å². The van der Waals surface area contributed by atoms with Crippen molar-refractivity contribution in [2.75, 3.05) is 0 Å². The first kappa shape index (κ1) is 20.6. The lowest BCUT2D eigenvalue weighted by molar-refractivity contribution is -0.156. The molecule has 144 valence electrons. The van der Waals surface area contributed by atoms with Gasteiger partial charge in [-0.05, 0) is 58.4 Å². The number of aliphatic imine (C=N–C) groups is 1. The van der Waals surface area contributed by atoms with Gasteiger partial charge in [0.1, 0.15) is 17.2 Å². The van der Waals surface area contributed by atoms with Gasteiger partial charge >= 0.3 is 5.97 Å². The average molecular weight is 368 g/mol. The van der Waals surface area contributed by atoms with Gasteiger partial charge in [0, 0.05) is 19.2 Å². The van der Waals surface area contributed by atoms with E-state index >= 15 is 0 Å². The number of ether oxygens (including phenoxy) is 1. The van der Waals surface area contributed by atoms with E-state index in [1.807, 2.05) is 27.7 Å². The molecule has 0 heterocycles. The molecule has 2 bridgehead atoms. The van der Waals surface area contributed by atoms with Crippen molar-refractivity contribution in [2.45, 2.75) is 97.3 Å². The summed E-state index contributed by atoms with van der Waals surface area (Å²) in [6, 6.07) is 0.242. The molecule has 5 heteroatoms. The Bertz CT molecular complexity index is 562. The van der Waals surface area contributed by atoms with Gasteiger partial charge in [-0.25, -0.2) is 4.79 Å². The van der Waals surface area contributed by atoms with Crippen molar-refractivity contribution in [1.82, 2.24) is 0 Å². The molecule has 4 nitrogen and oxygen atoms in total. The van der Waals surface area contributed by atoms with E-state index in [0.29, 0.717) is 5.92 Å². The van der Waals surface area contributed by atoms with Crippen LogP contribution in [0.3, 0.4) is 0 Å². The van der Waals surface area contributed by atoms with Crippen molar-refractivity contribution in [3.63, 3.8) is 0 Å². The number of rotatable bonds is 4. The number of nitrogens with zero attached hydrogens (tertiary/aromatic N) is 1. The number of carbonyl (C=O) groups excluding carboxylic acids is 1. The number of aliphatic hydroxyl groups is 1. The monoisotopic (exact) mass is 367 g/mol. The van der Waals surface area contributed by atoms with E-state index in [-0.39, 0.29) is 17.3 Å². The van der Waals surface area contributed by atoms with E-state index in [4.69, 9.17) is 9.73 Å². The highest BCUT2D eigenvalue weighted by Gasteiger charge is 2.62. The van der Waals surface area contributed by atoms with Gasteiger partial charge in [0.05, 0.1) is 0 Å². The number of fused-ring (bicyclic) bond motifs is 2. The molecule has 0 saturated heterocycles. The van der Waals surface area contributed by atoms with E-state index < -0.39 is 25.3 Å². The largest absolute Gasteiger partial charge is 0.458 e. The van der Waals surface area contributed by atoms with Crippen molar-refractivity contribution < 1.29 is 14.6 Å². The minimum absolute atomic E-state index is 0.110. The maximum absolute atomic E-state index is 12.8. The third kappa shape index (κ3) is 4.18. The molecule has 3 aliphatic rings. The highest BCUT2D eigenvalue weighted by Crippen LogP contribution is 2.61. The standard InChI is InChI=1S/C20H37NO3Si/c1-13-14-10-19(5,11-14)20(6,23)16(13)21-15(12-25(7,8)9)17(22)24-18(2,3)4/h13-15,23H,10-12H2,1-9H3/b21-16-/t13?,14?,15-,19?,20-/m0/s1. The SMILES string of the molecule is CC1/C(=N/[C@@H](C[Si](C)(C)C)C(=O)OC(C)(C)C)[C@](C)(O)C2(C)CC1C2. The van der Waals surface area contributed by atoms with Crippen LogP contribution in [0.5, 0.6) is 0 Å². The van der Waals surface area contributed by atoms with Gasteiger partial charge in [-0.1, -0.05) is 33.5 Å². The lowest BCUT2D eigenvalue weighted by atomic mass is 9.45. The molecule has 25 heavy (non-hydrogen) atoms. The summed E-state index contributed by atoms with van der Waals surface area (Å²) in [4.78, 5) is 17.7. The van der Waals surface area contributed by atoms with Gasteiger partial charge in [0.25, 0.3) is 0 Å². The van der Waals surface area contributed by atoms with Gasteiger partial charge in [0.2, 0.25) is 0 Å². The minimum atomic E-state index is -1.53. The molecule has 1 N–H and O–H groups in total. The molecule has 0 aromatic heterocycles. The first-order chi connectivity index (χ1) is 11.1. The molecule has 1 unspecified atom stereocenters. The third-order valence-corrected chi connectivity index (χ3v) is 7.63. The molecular formula is C20H37NO3Si.